The van der Waals surface area contributed by atoms with Gasteiger partial charge in [0.2, 0.25) is 5.91 Å². The first kappa shape index (κ1) is 16.7. The fourth-order valence-corrected chi connectivity index (χ4v) is 2.11. The first-order valence-corrected chi connectivity index (χ1v) is 6.14. The average molecular weight is 265 g/mol. The predicted molar refractivity (Wildman–Crippen MR) is 71.6 cm³/mol. The zero-order valence-corrected chi connectivity index (χ0v) is 11.9. The lowest BCUT2D eigenvalue weighted by Gasteiger charge is -2.37. The Balaban J connectivity index is 0.00000256. The SMILES string of the molecule is COCCNCC(=O)N1CC(C)CCC1C.Cl. The van der Waals surface area contributed by atoms with Crippen molar-refractivity contribution in [2.24, 2.45) is 5.92 Å². The van der Waals surface area contributed by atoms with E-state index in [1.165, 1.54) is 6.42 Å². The third kappa shape index (κ3) is 5.70. The molecule has 1 N–H and O–H groups in total. The van der Waals surface area contributed by atoms with E-state index in [1.807, 2.05) is 4.90 Å². The summed E-state index contributed by atoms with van der Waals surface area (Å²) in [6.45, 7) is 7.08. The van der Waals surface area contributed by atoms with Crippen molar-refractivity contribution in [3.63, 3.8) is 0 Å². The molecule has 102 valence electrons. The van der Waals surface area contributed by atoms with Gasteiger partial charge in [-0.2, -0.15) is 0 Å². The number of carbonyl (C=O) groups excluding carboxylic acids is 1. The Morgan fingerprint density at radius 1 is 1.41 bits per heavy atom. The number of halogens is 1. The number of ether oxygens (including phenoxy) is 1. The van der Waals surface area contributed by atoms with Crippen LogP contribution in [0.3, 0.4) is 0 Å². The van der Waals surface area contributed by atoms with E-state index < -0.39 is 0 Å². The van der Waals surface area contributed by atoms with Crippen molar-refractivity contribution < 1.29 is 9.53 Å². The molecule has 1 aliphatic heterocycles. The van der Waals surface area contributed by atoms with E-state index in [-0.39, 0.29) is 18.3 Å². The van der Waals surface area contributed by atoms with Crippen LogP contribution in [0.4, 0.5) is 0 Å². The van der Waals surface area contributed by atoms with Crippen LogP contribution in [-0.2, 0) is 9.53 Å². The molecule has 0 saturated carbocycles. The quantitative estimate of drug-likeness (QED) is 0.761. The van der Waals surface area contributed by atoms with Gasteiger partial charge in [0, 0.05) is 26.2 Å². The molecule has 1 rings (SSSR count). The molecule has 0 aromatic carbocycles. The van der Waals surface area contributed by atoms with Gasteiger partial charge in [0.05, 0.1) is 13.2 Å². The van der Waals surface area contributed by atoms with Gasteiger partial charge >= 0.3 is 0 Å². The van der Waals surface area contributed by atoms with Crippen LogP contribution in [0.15, 0.2) is 0 Å². The van der Waals surface area contributed by atoms with Crippen molar-refractivity contribution in [3.05, 3.63) is 0 Å². The van der Waals surface area contributed by atoms with Gasteiger partial charge in [0.25, 0.3) is 0 Å². The van der Waals surface area contributed by atoms with Crippen LogP contribution < -0.4 is 5.32 Å². The van der Waals surface area contributed by atoms with Gasteiger partial charge in [0.15, 0.2) is 0 Å². The van der Waals surface area contributed by atoms with Gasteiger partial charge in [-0.05, 0) is 25.7 Å². The molecular weight excluding hydrogens is 240 g/mol. The van der Waals surface area contributed by atoms with E-state index >= 15 is 0 Å². The average Bonchev–Trinajstić information content (AvgIpc) is 2.27. The highest BCUT2D eigenvalue weighted by atomic mass is 35.5. The smallest absolute Gasteiger partial charge is 0.236 e. The molecule has 1 saturated heterocycles. The zero-order chi connectivity index (χ0) is 12.0. The van der Waals surface area contributed by atoms with Gasteiger partial charge in [-0.25, -0.2) is 0 Å². The Labute approximate surface area is 110 Å². The molecule has 0 aromatic heterocycles. The van der Waals surface area contributed by atoms with E-state index in [0.717, 1.165) is 19.5 Å². The maximum atomic E-state index is 11.9. The first-order valence-electron chi connectivity index (χ1n) is 6.14. The number of amides is 1. The van der Waals surface area contributed by atoms with Crippen LogP contribution in [0.5, 0.6) is 0 Å². The summed E-state index contributed by atoms with van der Waals surface area (Å²) < 4.78 is 4.92. The minimum atomic E-state index is 0. The Hall–Kier alpha value is -0.320. The van der Waals surface area contributed by atoms with Gasteiger partial charge in [-0.3, -0.25) is 4.79 Å². The molecule has 0 bridgehead atoms. The van der Waals surface area contributed by atoms with Gasteiger partial charge in [-0.1, -0.05) is 6.92 Å². The highest BCUT2D eigenvalue weighted by Crippen LogP contribution is 2.20. The van der Waals surface area contributed by atoms with Gasteiger partial charge < -0.3 is 15.0 Å². The molecule has 1 heterocycles. The fourth-order valence-electron chi connectivity index (χ4n) is 2.11. The second-order valence-electron chi connectivity index (χ2n) is 4.75. The summed E-state index contributed by atoms with van der Waals surface area (Å²) in [5.41, 5.74) is 0. The molecule has 0 radical (unpaired) electrons. The fraction of sp³-hybridized carbons (Fsp3) is 0.917. The molecule has 0 aromatic rings. The number of piperidine rings is 1. The summed E-state index contributed by atoms with van der Waals surface area (Å²) in [7, 11) is 1.66. The number of hydrogen-bond acceptors (Lipinski definition) is 3. The maximum Gasteiger partial charge on any atom is 0.236 e. The topological polar surface area (TPSA) is 41.6 Å². The lowest BCUT2D eigenvalue weighted by atomic mass is 9.95. The Bertz CT molecular complexity index is 227. The van der Waals surface area contributed by atoms with E-state index in [1.54, 1.807) is 7.11 Å². The van der Waals surface area contributed by atoms with Crippen molar-refractivity contribution in [1.29, 1.82) is 0 Å². The molecule has 1 aliphatic rings. The van der Waals surface area contributed by atoms with E-state index in [9.17, 15) is 4.79 Å². The maximum absolute atomic E-state index is 11.9. The second kappa shape index (κ2) is 8.72. The molecule has 2 atom stereocenters. The summed E-state index contributed by atoms with van der Waals surface area (Å²) in [5, 5.41) is 3.10. The minimum Gasteiger partial charge on any atom is -0.383 e. The van der Waals surface area contributed by atoms with Crippen molar-refractivity contribution in [1.82, 2.24) is 10.2 Å². The molecule has 0 aliphatic carbocycles. The number of rotatable bonds is 5. The number of hydrogen-bond donors (Lipinski definition) is 1. The monoisotopic (exact) mass is 264 g/mol. The van der Waals surface area contributed by atoms with Crippen LogP contribution in [0.1, 0.15) is 26.7 Å². The van der Waals surface area contributed by atoms with Crippen molar-refractivity contribution in [2.75, 3.05) is 33.4 Å². The molecule has 0 spiro atoms. The zero-order valence-electron chi connectivity index (χ0n) is 11.1. The van der Waals surface area contributed by atoms with Crippen molar-refractivity contribution in [3.8, 4) is 0 Å². The van der Waals surface area contributed by atoms with Gasteiger partial charge in [-0.15, -0.1) is 12.4 Å². The third-order valence-electron chi connectivity index (χ3n) is 3.20. The Morgan fingerprint density at radius 2 is 2.12 bits per heavy atom. The van der Waals surface area contributed by atoms with Gasteiger partial charge in [0.1, 0.15) is 0 Å². The molecule has 1 amide bonds. The number of likely N-dealkylation sites (tertiary alicyclic amines) is 1. The van der Waals surface area contributed by atoms with Crippen LogP contribution in [0.25, 0.3) is 0 Å². The Kier molecular flexibility index (Phi) is 8.56. The normalized spacial score (nSPS) is 24.3. The lowest BCUT2D eigenvalue weighted by Crippen LogP contribution is -2.48. The molecule has 5 heteroatoms. The first-order chi connectivity index (χ1) is 7.65. The van der Waals surface area contributed by atoms with E-state index in [4.69, 9.17) is 4.74 Å². The van der Waals surface area contributed by atoms with Crippen LogP contribution in [-0.4, -0.2) is 50.2 Å². The van der Waals surface area contributed by atoms with Crippen LogP contribution in [0.2, 0.25) is 0 Å². The van der Waals surface area contributed by atoms with E-state index in [2.05, 4.69) is 19.2 Å². The molecule has 17 heavy (non-hydrogen) atoms. The third-order valence-corrected chi connectivity index (χ3v) is 3.20. The summed E-state index contributed by atoms with van der Waals surface area (Å²) in [5.74, 6) is 0.856. The largest absolute Gasteiger partial charge is 0.383 e. The number of methoxy groups -OCH3 is 1. The molecule has 1 fully saturated rings. The molecular formula is C12H25ClN2O2. The van der Waals surface area contributed by atoms with E-state index in [0.29, 0.717) is 25.1 Å². The number of carbonyl (C=O) groups is 1. The number of nitrogens with zero attached hydrogens (tertiary/aromatic N) is 1. The standard InChI is InChI=1S/C12H24N2O2.ClH/c1-10-4-5-11(2)14(9-10)12(15)8-13-6-7-16-3;/h10-11,13H,4-9H2,1-3H3;1H. The van der Waals surface area contributed by atoms with Crippen molar-refractivity contribution in [2.45, 2.75) is 32.7 Å². The second-order valence-corrected chi connectivity index (χ2v) is 4.75. The van der Waals surface area contributed by atoms with Crippen LogP contribution in [0, 0.1) is 5.92 Å². The highest BCUT2D eigenvalue weighted by Gasteiger charge is 2.26. The van der Waals surface area contributed by atoms with Crippen molar-refractivity contribution >= 4 is 18.3 Å². The highest BCUT2D eigenvalue weighted by molar-refractivity contribution is 5.85. The predicted octanol–water partition coefficient (Wildman–Crippen LogP) is 1.29. The molecule has 2 unspecified atom stereocenters. The minimum absolute atomic E-state index is 0. The summed E-state index contributed by atoms with van der Waals surface area (Å²) in [6.07, 6.45) is 2.37. The summed E-state index contributed by atoms with van der Waals surface area (Å²) in [6, 6.07) is 0.396. The summed E-state index contributed by atoms with van der Waals surface area (Å²) in [4.78, 5) is 13.9. The number of nitrogens with one attached hydrogen (secondary N) is 1. The Morgan fingerprint density at radius 3 is 2.76 bits per heavy atom. The van der Waals surface area contributed by atoms with Crippen LogP contribution >= 0.6 is 12.4 Å². The lowest BCUT2D eigenvalue weighted by molar-refractivity contribution is -0.134. The molecule has 4 nitrogen and oxygen atoms in total. The summed E-state index contributed by atoms with van der Waals surface area (Å²) >= 11 is 0.